The Hall–Kier alpha value is -2.80. The number of hydrogen-bond acceptors (Lipinski definition) is 5. The summed E-state index contributed by atoms with van der Waals surface area (Å²) in [5, 5.41) is 4.20. The number of halogens is 3. The molecule has 0 atom stereocenters. The van der Waals surface area contributed by atoms with Gasteiger partial charge in [-0.1, -0.05) is 20.1 Å². The highest BCUT2D eigenvalue weighted by Crippen LogP contribution is 2.38. The normalized spacial score (nSPS) is 17.3. The first kappa shape index (κ1) is 24.9. The van der Waals surface area contributed by atoms with E-state index >= 15 is 0 Å². The molecule has 10 heteroatoms. The van der Waals surface area contributed by atoms with Crippen molar-refractivity contribution in [1.29, 1.82) is 0 Å². The number of aryl methyl sites for hydroxylation is 2. The summed E-state index contributed by atoms with van der Waals surface area (Å²) in [7, 11) is -0.513. The number of aromatic nitrogens is 3. The van der Waals surface area contributed by atoms with Crippen molar-refractivity contribution in [3.63, 3.8) is 0 Å². The van der Waals surface area contributed by atoms with Crippen molar-refractivity contribution in [2.75, 3.05) is 30.7 Å². The number of fused-ring (bicyclic) bond motifs is 5. The van der Waals surface area contributed by atoms with Gasteiger partial charge in [0.15, 0.2) is 0 Å². The molecule has 1 N–H and O–H groups in total. The minimum atomic E-state index is -4.38. The second-order valence-corrected chi connectivity index (χ2v) is 11.9. The van der Waals surface area contributed by atoms with E-state index in [1.165, 1.54) is 12.1 Å². The lowest BCUT2D eigenvalue weighted by atomic mass is 9.95. The molecule has 190 valence electrons. The van der Waals surface area contributed by atoms with Gasteiger partial charge in [-0.15, -0.1) is 0 Å². The van der Waals surface area contributed by atoms with Crippen molar-refractivity contribution >= 4 is 36.0 Å². The molecule has 0 radical (unpaired) electrons. The fourth-order valence-electron chi connectivity index (χ4n) is 5.10. The number of carbonyl (C=O) groups is 1. The van der Waals surface area contributed by atoms with Crippen LogP contribution in [0.3, 0.4) is 0 Å². The van der Waals surface area contributed by atoms with Crippen LogP contribution in [0.25, 0.3) is 10.9 Å². The molecule has 1 aromatic carbocycles. The number of alkyl halides is 3. The van der Waals surface area contributed by atoms with Gasteiger partial charge in [-0.25, -0.2) is 9.97 Å². The van der Waals surface area contributed by atoms with Crippen LogP contribution in [0.4, 0.5) is 19.0 Å². The van der Waals surface area contributed by atoms with E-state index in [1.807, 2.05) is 11.8 Å². The van der Waals surface area contributed by atoms with E-state index in [2.05, 4.69) is 11.4 Å². The molecule has 1 fully saturated rings. The number of benzene rings is 1. The van der Waals surface area contributed by atoms with Gasteiger partial charge in [0, 0.05) is 38.4 Å². The van der Waals surface area contributed by atoms with Crippen molar-refractivity contribution < 1.29 is 18.0 Å². The Balaban J connectivity index is 1.52. The van der Waals surface area contributed by atoms with Crippen LogP contribution in [0, 0.1) is 6.92 Å². The van der Waals surface area contributed by atoms with Crippen molar-refractivity contribution in [1.82, 2.24) is 19.9 Å². The third-order valence-corrected chi connectivity index (χ3v) is 9.40. The first-order valence-electron chi connectivity index (χ1n) is 12.3. The summed E-state index contributed by atoms with van der Waals surface area (Å²) in [6, 6.07) is 6.48. The fourth-order valence-corrected chi connectivity index (χ4v) is 7.35. The van der Waals surface area contributed by atoms with Crippen LogP contribution in [0.2, 0.25) is 0 Å². The van der Waals surface area contributed by atoms with Crippen LogP contribution in [0.15, 0.2) is 24.3 Å². The van der Waals surface area contributed by atoms with E-state index in [-0.39, 0.29) is 12.5 Å². The maximum absolute atomic E-state index is 13.7. The molecule has 2 aromatic heterocycles. The molecule has 1 saturated heterocycles. The number of carbonyl (C=O) groups excluding carboxylic acids is 1. The molecule has 2 aliphatic heterocycles. The molecule has 1 amide bonds. The van der Waals surface area contributed by atoms with Crippen LogP contribution in [-0.4, -0.2) is 51.2 Å². The van der Waals surface area contributed by atoms with Gasteiger partial charge in [0.2, 0.25) is 5.91 Å². The summed E-state index contributed by atoms with van der Waals surface area (Å²) in [6.07, 6.45) is -0.261. The molecule has 6 nitrogen and oxygen atoms in total. The van der Waals surface area contributed by atoms with Gasteiger partial charge in [0.05, 0.1) is 22.2 Å². The van der Waals surface area contributed by atoms with Gasteiger partial charge in [0.1, 0.15) is 11.6 Å². The highest BCUT2D eigenvalue weighted by atomic mass is 31.1. The first-order valence-corrected chi connectivity index (χ1v) is 14.0. The highest BCUT2D eigenvalue weighted by Gasteiger charge is 2.34. The summed E-state index contributed by atoms with van der Waals surface area (Å²) in [5.41, 5.74) is 3.09. The van der Waals surface area contributed by atoms with Gasteiger partial charge in [-0.3, -0.25) is 9.78 Å². The molecular formula is C26H29F3N5OP. The van der Waals surface area contributed by atoms with Gasteiger partial charge in [-0.2, -0.15) is 13.2 Å². The lowest BCUT2D eigenvalue weighted by molar-refractivity contribution is -0.138. The Labute approximate surface area is 209 Å². The van der Waals surface area contributed by atoms with Crippen molar-refractivity contribution in [2.45, 2.75) is 52.3 Å². The zero-order chi connectivity index (χ0) is 25.4. The number of nitrogens with zero attached hydrogens (tertiary/aromatic N) is 4. The van der Waals surface area contributed by atoms with Crippen LogP contribution >= 0.6 is 7.92 Å². The van der Waals surface area contributed by atoms with Crippen molar-refractivity contribution in [3.8, 4) is 0 Å². The van der Waals surface area contributed by atoms with Gasteiger partial charge >= 0.3 is 6.18 Å². The molecule has 3 aromatic rings. The third kappa shape index (κ3) is 5.03. The molecule has 5 rings (SSSR count). The van der Waals surface area contributed by atoms with Crippen LogP contribution in [0.1, 0.15) is 48.0 Å². The van der Waals surface area contributed by atoms with Gasteiger partial charge in [-0.05, 0) is 61.8 Å². The monoisotopic (exact) mass is 515 g/mol. The molecule has 4 heterocycles. The largest absolute Gasteiger partial charge is 0.416 e. The predicted octanol–water partition coefficient (Wildman–Crippen LogP) is 4.81. The van der Waals surface area contributed by atoms with Gasteiger partial charge < -0.3 is 10.2 Å². The summed E-state index contributed by atoms with van der Waals surface area (Å²) in [4.78, 5) is 28.1. The van der Waals surface area contributed by atoms with E-state index in [0.29, 0.717) is 48.5 Å². The molecule has 36 heavy (non-hydrogen) atoms. The number of amides is 1. The Morgan fingerprint density at radius 3 is 2.56 bits per heavy atom. The molecular weight excluding hydrogens is 486 g/mol. The smallest absolute Gasteiger partial charge is 0.365 e. The summed E-state index contributed by atoms with van der Waals surface area (Å²) >= 11 is 0. The lowest BCUT2D eigenvalue weighted by Gasteiger charge is -2.31. The van der Waals surface area contributed by atoms with E-state index in [1.54, 1.807) is 13.0 Å². The second-order valence-electron chi connectivity index (χ2n) is 9.45. The zero-order valence-electron chi connectivity index (χ0n) is 20.5. The Kier molecular flexibility index (Phi) is 6.86. The number of rotatable bonds is 1. The van der Waals surface area contributed by atoms with Crippen molar-refractivity contribution in [2.24, 2.45) is 0 Å². The third-order valence-electron chi connectivity index (χ3n) is 7.04. The average molecular weight is 516 g/mol. The maximum atomic E-state index is 13.7. The van der Waals surface area contributed by atoms with Gasteiger partial charge in [0.25, 0.3) is 0 Å². The zero-order valence-corrected chi connectivity index (χ0v) is 21.3. The first-order chi connectivity index (χ1) is 17.2. The molecule has 0 aliphatic carbocycles. The standard InChI is InChI=1S/C26H29F3N5OP/c1-16-24-20(14-23(31-16)36-12-10-34(11-13-36)17(2)35)25-30-15-18-6-5-8-21(26(27,28)29)19(18)7-3-4-9-22(32-24)33-25/h5-6,8,14H,3-4,7,9-13,15H2,1-2H3,(H,30,32,33). The molecule has 2 bridgehead atoms. The van der Waals surface area contributed by atoms with Crippen LogP contribution in [0.5, 0.6) is 0 Å². The molecule has 0 unspecified atom stereocenters. The Morgan fingerprint density at radius 2 is 1.83 bits per heavy atom. The van der Waals surface area contributed by atoms with E-state index in [0.717, 1.165) is 47.4 Å². The maximum Gasteiger partial charge on any atom is 0.416 e. The van der Waals surface area contributed by atoms with E-state index in [9.17, 15) is 18.0 Å². The summed E-state index contributed by atoms with van der Waals surface area (Å²) in [5.74, 6) is 1.43. The molecule has 2 aliphatic rings. The summed E-state index contributed by atoms with van der Waals surface area (Å²) in [6.45, 7) is 5.28. The minimum absolute atomic E-state index is 0.103. The number of anilines is 1. The highest BCUT2D eigenvalue weighted by molar-refractivity contribution is 7.65. The number of pyridine rings is 1. The number of nitrogens with one attached hydrogen (secondary N) is 1. The predicted molar refractivity (Wildman–Crippen MR) is 136 cm³/mol. The Bertz CT molecular complexity index is 1300. The second kappa shape index (κ2) is 9.92. The minimum Gasteiger partial charge on any atom is -0.365 e. The molecule has 0 spiro atoms. The lowest BCUT2D eigenvalue weighted by Crippen LogP contribution is -2.38. The molecule has 0 saturated carbocycles. The van der Waals surface area contributed by atoms with Crippen LogP contribution in [-0.2, 0) is 30.4 Å². The SMILES string of the molecule is CC(=O)N1CCP(c2cc3c4nc(nc3c(C)n2)CCCCc2c(cccc2C(F)(F)F)CN4)CC1. The fraction of sp³-hybridized carbons (Fsp3) is 0.462. The van der Waals surface area contributed by atoms with E-state index < -0.39 is 19.7 Å². The quantitative estimate of drug-likeness (QED) is 0.471. The van der Waals surface area contributed by atoms with Crippen LogP contribution < -0.4 is 10.8 Å². The van der Waals surface area contributed by atoms with E-state index in [4.69, 9.17) is 15.0 Å². The Morgan fingerprint density at radius 1 is 1.08 bits per heavy atom. The average Bonchev–Trinajstić information content (AvgIpc) is 2.87. The summed E-state index contributed by atoms with van der Waals surface area (Å²) < 4.78 is 41.2. The van der Waals surface area contributed by atoms with Crippen molar-refractivity contribution in [3.05, 3.63) is 52.5 Å². The topological polar surface area (TPSA) is 71.0 Å². The number of hydrogen-bond donors (Lipinski definition) is 1.